The number of aliphatic hydroxyl groups is 6. The number of fused-ring (bicyclic) bond motifs is 2. The highest BCUT2D eigenvalue weighted by atomic mass is 16.6. The molecule has 364 valence electrons. The molecule has 12 unspecified atom stereocenters. The van der Waals surface area contributed by atoms with E-state index in [-0.39, 0.29) is 105 Å². The largest absolute Gasteiger partial charge is 0.461 e. The number of nitrogen functional groups attached to an aromatic ring is 1. The number of ketones is 3. The maximum absolute atomic E-state index is 13.2. The summed E-state index contributed by atoms with van der Waals surface area (Å²) < 4.78 is 11.9. The number of carbonyl (C=O) groups excluding carboxylic acids is 4. The lowest BCUT2D eigenvalue weighted by atomic mass is 9.83. The third kappa shape index (κ3) is 21.4. The Hall–Kier alpha value is -4.60. The maximum atomic E-state index is 13.2. The molecule has 8 N–H and O–H groups in total. The van der Waals surface area contributed by atoms with Crippen molar-refractivity contribution in [1.82, 2.24) is 0 Å². The highest BCUT2D eigenvalue weighted by Crippen LogP contribution is 2.37. The number of benzene rings is 1. The van der Waals surface area contributed by atoms with E-state index in [1.807, 2.05) is 81.5 Å². The fraction of sp³-hybridized carbons (Fsp3) is 0.547. The molecule has 12 atom stereocenters. The summed E-state index contributed by atoms with van der Waals surface area (Å²) in [6.45, 7) is 7.43. The number of aliphatic hydroxyl groups excluding tert-OH is 5. The van der Waals surface area contributed by atoms with Gasteiger partial charge in [0.25, 0.3) is 0 Å². The molecule has 66 heavy (non-hydrogen) atoms. The van der Waals surface area contributed by atoms with Crippen LogP contribution in [0.25, 0.3) is 0 Å². The summed E-state index contributed by atoms with van der Waals surface area (Å²) in [5.41, 5.74) is 6.74. The molecule has 3 rings (SSSR count). The van der Waals surface area contributed by atoms with Gasteiger partial charge in [-0.3, -0.25) is 19.2 Å². The second kappa shape index (κ2) is 29.2. The first-order valence-corrected chi connectivity index (χ1v) is 23.5. The van der Waals surface area contributed by atoms with Gasteiger partial charge >= 0.3 is 5.97 Å². The van der Waals surface area contributed by atoms with Crippen LogP contribution in [-0.2, 0) is 23.9 Å². The van der Waals surface area contributed by atoms with E-state index >= 15 is 0 Å². The Morgan fingerprint density at radius 2 is 1.32 bits per heavy atom. The van der Waals surface area contributed by atoms with Crippen molar-refractivity contribution < 1.29 is 59.3 Å². The van der Waals surface area contributed by atoms with Gasteiger partial charge in [0.1, 0.15) is 24.1 Å². The third-order valence-electron chi connectivity index (χ3n) is 12.3. The normalized spacial score (nSPS) is 33.8. The highest BCUT2D eigenvalue weighted by molar-refractivity contribution is 5.97. The summed E-state index contributed by atoms with van der Waals surface area (Å²) in [6.07, 6.45) is 19.6. The minimum Gasteiger partial charge on any atom is -0.461 e. The Kier molecular flexibility index (Phi) is 24.7. The van der Waals surface area contributed by atoms with Crippen LogP contribution in [0.2, 0.25) is 0 Å². The highest BCUT2D eigenvalue weighted by Gasteiger charge is 2.45. The minimum absolute atomic E-state index is 0.00636. The van der Waals surface area contributed by atoms with Gasteiger partial charge in [-0.05, 0) is 68.2 Å². The molecule has 0 saturated carbocycles. The molecule has 0 spiro atoms. The zero-order valence-electron chi connectivity index (χ0n) is 39.1. The van der Waals surface area contributed by atoms with Gasteiger partial charge in [-0.2, -0.15) is 0 Å². The van der Waals surface area contributed by atoms with Crippen LogP contribution in [0.5, 0.6) is 0 Å². The number of ether oxygens (including phenoxy) is 2. The van der Waals surface area contributed by atoms with E-state index in [1.165, 1.54) is 0 Å². The molecule has 2 bridgehead atoms. The summed E-state index contributed by atoms with van der Waals surface area (Å²) in [4.78, 5) is 51.6. The second-order valence-corrected chi connectivity index (χ2v) is 18.3. The first-order valence-electron chi connectivity index (χ1n) is 23.5. The molecule has 1 saturated heterocycles. The Morgan fingerprint density at radius 3 is 1.94 bits per heavy atom. The third-order valence-corrected chi connectivity index (χ3v) is 12.3. The van der Waals surface area contributed by atoms with E-state index < -0.39 is 60.9 Å². The Balaban J connectivity index is 1.70. The van der Waals surface area contributed by atoms with Crippen molar-refractivity contribution in [3.8, 4) is 0 Å². The molecule has 1 fully saturated rings. The number of esters is 1. The van der Waals surface area contributed by atoms with E-state index in [9.17, 15) is 49.8 Å². The number of hydrogen-bond acceptors (Lipinski definition) is 13. The van der Waals surface area contributed by atoms with Gasteiger partial charge in [-0.25, -0.2) is 0 Å². The van der Waals surface area contributed by atoms with Crippen LogP contribution in [0.3, 0.4) is 0 Å². The number of anilines is 1. The molecule has 0 radical (unpaired) electrons. The van der Waals surface area contributed by atoms with Crippen LogP contribution in [-0.4, -0.2) is 102 Å². The van der Waals surface area contributed by atoms with Crippen molar-refractivity contribution in [2.24, 2.45) is 23.7 Å². The minimum atomic E-state index is -1.87. The lowest BCUT2D eigenvalue weighted by Gasteiger charge is -2.44. The fourth-order valence-corrected chi connectivity index (χ4v) is 8.36. The van der Waals surface area contributed by atoms with Crippen LogP contribution in [0.1, 0.15) is 122 Å². The number of cyclic esters (lactones) is 1. The van der Waals surface area contributed by atoms with E-state index in [1.54, 1.807) is 55.5 Å². The van der Waals surface area contributed by atoms with Crippen LogP contribution < -0.4 is 5.73 Å². The molecular weight excluding hydrogens is 843 g/mol. The lowest BCUT2D eigenvalue weighted by molar-refractivity contribution is -0.300. The molecule has 13 nitrogen and oxygen atoms in total. The molecule has 1 aromatic rings. The standard InChI is InChI=1S/C53H75NO12/c1-36-19-15-13-11-9-7-5-6-8-10-12-14-16-20-44(57)31-50-39(4)49(62)35-53(64,66-50)34-46(59)30-43(56)23-17-21-42(55)22-18-24-45(58)32-51(63)65-52(36)38(3)29-37(2)47(60)33-48(61)40-25-27-41(54)28-26-40/h5-16,19-20,25-28,36-39,43-44,46-47,49-50,52,56-57,59-60,62,64H,17-18,21-24,29-35,54H2,1-4H3/b6-5+,9-7+,10-8+,13-11+,14-12+,19-15+,20-16+. The molecule has 0 amide bonds. The van der Waals surface area contributed by atoms with E-state index in [2.05, 4.69) is 0 Å². The molecule has 2 aliphatic rings. The monoisotopic (exact) mass is 918 g/mol. The van der Waals surface area contributed by atoms with E-state index in [4.69, 9.17) is 15.2 Å². The van der Waals surface area contributed by atoms with Crippen molar-refractivity contribution in [3.63, 3.8) is 0 Å². The number of rotatable bonds is 7. The molecule has 0 aromatic heterocycles. The van der Waals surface area contributed by atoms with E-state index in [0.29, 0.717) is 24.1 Å². The van der Waals surface area contributed by atoms with E-state index in [0.717, 1.165) is 0 Å². The number of nitrogens with two attached hydrogens (primary N) is 1. The number of hydrogen-bond donors (Lipinski definition) is 7. The topological polar surface area (TPSA) is 234 Å². The molecule has 1 aromatic carbocycles. The zero-order chi connectivity index (χ0) is 48.6. The predicted molar refractivity (Wildman–Crippen MR) is 256 cm³/mol. The quantitative estimate of drug-likeness (QED) is 0.0638. The maximum Gasteiger partial charge on any atom is 0.313 e. The van der Waals surface area contributed by atoms with Crippen molar-refractivity contribution in [2.45, 2.75) is 160 Å². The second-order valence-electron chi connectivity index (χ2n) is 18.3. The molecular formula is C53H75NO12. The zero-order valence-corrected chi connectivity index (χ0v) is 39.1. The first-order chi connectivity index (χ1) is 31.3. The number of Topliss-reactive ketones (excluding diaryl/α,β-unsaturated/α-hetero) is 3. The molecule has 2 aliphatic heterocycles. The van der Waals surface area contributed by atoms with Gasteiger partial charge < -0.3 is 45.8 Å². The summed E-state index contributed by atoms with van der Waals surface area (Å²) >= 11 is 0. The Bertz CT molecular complexity index is 1880. The smallest absolute Gasteiger partial charge is 0.313 e. The SMILES string of the molecule is CC1/C=C/C=C/C=C/C=C/C=C/C=C/C=C/C(O)CC2OC(O)(CC(O)CC(O)CCCC(=O)CCCC(=O)CC(=O)OC1C(C)CC(C)C(O)CC(=O)c1ccc(N)cc1)CC(O)C2C. The van der Waals surface area contributed by atoms with Crippen molar-refractivity contribution >= 4 is 29.0 Å². The number of allylic oxidation sites excluding steroid dienone is 12. The van der Waals surface area contributed by atoms with Gasteiger partial charge in [-0.1, -0.05) is 113 Å². The first kappa shape index (κ1) is 55.7. The van der Waals surface area contributed by atoms with Crippen LogP contribution in [0.4, 0.5) is 5.69 Å². The molecule has 0 aliphatic carbocycles. The average Bonchev–Trinajstić information content (AvgIpc) is 3.24. The summed E-state index contributed by atoms with van der Waals surface area (Å²) in [6, 6.07) is 6.53. The molecule has 13 heteroatoms. The lowest BCUT2D eigenvalue weighted by Crippen LogP contribution is -2.53. The van der Waals surface area contributed by atoms with Crippen molar-refractivity contribution in [2.75, 3.05) is 5.73 Å². The van der Waals surface area contributed by atoms with Crippen LogP contribution in [0, 0.1) is 23.7 Å². The van der Waals surface area contributed by atoms with Crippen LogP contribution in [0.15, 0.2) is 109 Å². The van der Waals surface area contributed by atoms with Gasteiger partial charge in [0.05, 0.1) is 36.6 Å². The van der Waals surface area contributed by atoms with Gasteiger partial charge in [-0.15, -0.1) is 0 Å². The fourth-order valence-electron chi connectivity index (χ4n) is 8.36. The summed E-state index contributed by atoms with van der Waals surface area (Å²) in [5, 5.41) is 65.0. The van der Waals surface area contributed by atoms with Crippen molar-refractivity contribution in [3.05, 3.63) is 115 Å². The van der Waals surface area contributed by atoms with Crippen LogP contribution >= 0.6 is 0 Å². The van der Waals surface area contributed by atoms with Crippen molar-refractivity contribution in [1.29, 1.82) is 0 Å². The summed E-state index contributed by atoms with van der Waals surface area (Å²) in [5.74, 6) is -4.48. The van der Waals surface area contributed by atoms with Gasteiger partial charge in [0.2, 0.25) is 0 Å². The van der Waals surface area contributed by atoms with Gasteiger partial charge in [0.15, 0.2) is 11.6 Å². The summed E-state index contributed by atoms with van der Waals surface area (Å²) in [7, 11) is 0. The average molecular weight is 918 g/mol. The Morgan fingerprint density at radius 1 is 0.758 bits per heavy atom. The van der Waals surface area contributed by atoms with Gasteiger partial charge in [0, 0.05) is 68.0 Å². The predicted octanol–water partition coefficient (Wildman–Crippen LogP) is 6.92. The Labute approximate surface area is 391 Å². The molecule has 2 heterocycles. The number of carbonyl (C=O) groups is 4.